The van der Waals surface area contributed by atoms with Gasteiger partial charge < -0.3 is 11.1 Å². The van der Waals surface area contributed by atoms with Crippen LogP contribution in [0.1, 0.15) is 6.42 Å². The van der Waals surface area contributed by atoms with Gasteiger partial charge in [-0.15, -0.1) is 12.3 Å². The topological polar surface area (TPSA) is 55.1 Å². The number of hydrogen-bond donors (Lipinski definition) is 2. The molecule has 1 atom stereocenters. The number of rotatable bonds is 3. The molecule has 1 rings (SSSR count). The van der Waals surface area contributed by atoms with Gasteiger partial charge in [-0.2, -0.15) is 0 Å². The molecule has 0 heterocycles. The van der Waals surface area contributed by atoms with Gasteiger partial charge in [-0.1, -0.05) is 6.07 Å². The van der Waals surface area contributed by atoms with Crippen LogP contribution in [-0.2, 0) is 4.79 Å². The van der Waals surface area contributed by atoms with Crippen LogP contribution in [0.5, 0.6) is 0 Å². The average Bonchev–Trinajstić information content (AvgIpc) is 2.23. The smallest absolute Gasteiger partial charge is 0.242 e. The van der Waals surface area contributed by atoms with Gasteiger partial charge in [0.1, 0.15) is 0 Å². The minimum Gasteiger partial charge on any atom is -0.323 e. The zero-order valence-electron chi connectivity index (χ0n) is 8.34. The zero-order chi connectivity index (χ0) is 12.1. The molecule has 0 aliphatic heterocycles. The minimum atomic E-state index is -0.691. The molecule has 1 unspecified atom stereocenters. The number of nitrogens with two attached hydrogens (primary N) is 1. The highest BCUT2D eigenvalue weighted by molar-refractivity contribution is 9.11. The molecule has 3 nitrogen and oxygen atoms in total. The van der Waals surface area contributed by atoms with Crippen molar-refractivity contribution >= 4 is 43.5 Å². The SMILES string of the molecule is C#CCC(N)C(=O)Nc1c(Br)cccc1Br. The standard InChI is InChI=1S/C11H10Br2N2O/c1-2-4-9(14)11(16)15-10-7(12)5-3-6-8(10)13/h1,3,5-6,9H,4,14H2,(H,15,16). The molecule has 0 bridgehead atoms. The lowest BCUT2D eigenvalue weighted by Crippen LogP contribution is -2.35. The summed E-state index contributed by atoms with van der Waals surface area (Å²) in [5.74, 6) is 2.05. The van der Waals surface area contributed by atoms with Crippen molar-refractivity contribution in [1.82, 2.24) is 0 Å². The molecule has 84 valence electrons. The second-order valence-electron chi connectivity index (χ2n) is 3.10. The highest BCUT2D eigenvalue weighted by Crippen LogP contribution is 2.30. The van der Waals surface area contributed by atoms with E-state index in [0.717, 1.165) is 8.95 Å². The Labute approximate surface area is 111 Å². The van der Waals surface area contributed by atoms with Crippen molar-refractivity contribution in [3.05, 3.63) is 27.1 Å². The number of carbonyl (C=O) groups is 1. The third kappa shape index (κ3) is 3.34. The molecule has 0 spiro atoms. The van der Waals surface area contributed by atoms with E-state index in [2.05, 4.69) is 43.1 Å². The molecule has 3 N–H and O–H groups in total. The van der Waals surface area contributed by atoms with Crippen LogP contribution in [0.15, 0.2) is 27.1 Å². The van der Waals surface area contributed by atoms with E-state index in [0.29, 0.717) is 5.69 Å². The lowest BCUT2D eigenvalue weighted by atomic mass is 10.2. The van der Waals surface area contributed by atoms with Crippen molar-refractivity contribution < 1.29 is 4.79 Å². The van der Waals surface area contributed by atoms with Crippen LogP contribution in [0.2, 0.25) is 0 Å². The fourth-order valence-electron chi connectivity index (χ4n) is 1.05. The van der Waals surface area contributed by atoms with Gasteiger partial charge in [0, 0.05) is 15.4 Å². The van der Waals surface area contributed by atoms with Crippen molar-refractivity contribution in [2.75, 3.05) is 5.32 Å². The lowest BCUT2D eigenvalue weighted by molar-refractivity contribution is -0.117. The normalized spacial score (nSPS) is 11.6. The van der Waals surface area contributed by atoms with E-state index < -0.39 is 6.04 Å². The van der Waals surface area contributed by atoms with Crippen molar-refractivity contribution in [1.29, 1.82) is 0 Å². The average molecular weight is 346 g/mol. The molecule has 0 saturated carbocycles. The molecule has 0 aliphatic carbocycles. The predicted octanol–water partition coefficient (Wildman–Crippen LogP) is 2.50. The van der Waals surface area contributed by atoms with Crippen molar-refractivity contribution in [2.45, 2.75) is 12.5 Å². The Kier molecular flexibility index (Phi) is 5.00. The summed E-state index contributed by atoms with van der Waals surface area (Å²) in [7, 11) is 0. The van der Waals surface area contributed by atoms with Gasteiger partial charge in [-0.05, 0) is 44.0 Å². The molecular weight excluding hydrogens is 336 g/mol. The fourth-order valence-corrected chi connectivity index (χ4v) is 2.25. The van der Waals surface area contributed by atoms with Gasteiger partial charge >= 0.3 is 0 Å². The molecule has 5 heteroatoms. The minimum absolute atomic E-state index is 0.216. The number of halogens is 2. The van der Waals surface area contributed by atoms with E-state index in [9.17, 15) is 4.79 Å². The van der Waals surface area contributed by atoms with Crippen molar-refractivity contribution in [2.24, 2.45) is 5.73 Å². The van der Waals surface area contributed by atoms with E-state index in [-0.39, 0.29) is 12.3 Å². The summed E-state index contributed by atoms with van der Waals surface area (Å²) in [6.45, 7) is 0. The van der Waals surface area contributed by atoms with E-state index in [1.807, 2.05) is 18.2 Å². The Morgan fingerprint density at radius 3 is 2.56 bits per heavy atom. The van der Waals surface area contributed by atoms with Gasteiger partial charge in [0.2, 0.25) is 5.91 Å². The molecule has 16 heavy (non-hydrogen) atoms. The molecule has 0 aromatic heterocycles. The van der Waals surface area contributed by atoms with E-state index in [1.165, 1.54) is 0 Å². The van der Waals surface area contributed by atoms with Gasteiger partial charge in [0.25, 0.3) is 0 Å². The molecule has 0 aliphatic rings. The number of carbonyl (C=O) groups excluding carboxylic acids is 1. The molecule has 1 aromatic rings. The number of para-hydroxylation sites is 1. The highest BCUT2D eigenvalue weighted by atomic mass is 79.9. The number of amides is 1. The molecule has 0 radical (unpaired) electrons. The first-order valence-corrected chi connectivity index (χ1v) is 6.08. The van der Waals surface area contributed by atoms with Gasteiger partial charge in [0.05, 0.1) is 11.7 Å². The number of anilines is 1. The fraction of sp³-hybridized carbons (Fsp3) is 0.182. The van der Waals surface area contributed by atoms with Crippen molar-refractivity contribution in [3.8, 4) is 12.3 Å². The molecular formula is C11H10Br2N2O. The third-order valence-corrected chi connectivity index (χ3v) is 3.21. The lowest BCUT2D eigenvalue weighted by Gasteiger charge is -2.12. The summed E-state index contributed by atoms with van der Waals surface area (Å²) in [5, 5.41) is 2.71. The summed E-state index contributed by atoms with van der Waals surface area (Å²) >= 11 is 6.68. The van der Waals surface area contributed by atoms with Crippen LogP contribution in [0.3, 0.4) is 0 Å². The maximum absolute atomic E-state index is 11.6. The maximum Gasteiger partial charge on any atom is 0.242 e. The van der Waals surface area contributed by atoms with Crippen LogP contribution in [0.4, 0.5) is 5.69 Å². The largest absolute Gasteiger partial charge is 0.323 e. The van der Waals surface area contributed by atoms with Crippen LogP contribution in [-0.4, -0.2) is 11.9 Å². The maximum atomic E-state index is 11.6. The Morgan fingerprint density at radius 1 is 1.50 bits per heavy atom. The molecule has 1 aromatic carbocycles. The Morgan fingerprint density at radius 2 is 2.06 bits per heavy atom. The highest BCUT2D eigenvalue weighted by Gasteiger charge is 2.14. The Balaban J connectivity index is 2.82. The van der Waals surface area contributed by atoms with Gasteiger partial charge in [-0.25, -0.2) is 0 Å². The second-order valence-corrected chi connectivity index (χ2v) is 4.81. The Hall–Kier alpha value is -0.830. The van der Waals surface area contributed by atoms with Gasteiger partial charge in [0.15, 0.2) is 0 Å². The molecule has 1 amide bonds. The number of hydrogen-bond acceptors (Lipinski definition) is 2. The Bertz CT molecular complexity index is 420. The van der Waals surface area contributed by atoms with Gasteiger partial charge in [-0.3, -0.25) is 4.79 Å². The zero-order valence-corrected chi connectivity index (χ0v) is 11.5. The predicted molar refractivity (Wildman–Crippen MR) is 71.9 cm³/mol. The molecule has 0 saturated heterocycles. The number of terminal acetylenes is 1. The molecule has 0 fully saturated rings. The summed E-state index contributed by atoms with van der Waals surface area (Å²) in [4.78, 5) is 11.6. The quantitative estimate of drug-likeness (QED) is 0.827. The van der Waals surface area contributed by atoms with Crippen LogP contribution in [0.25, 0.3) is 0 Å². The second kappa shape index (κ2) is 6.04. The number of nitrogens with one attached hydrogen (secondary N) is 1. The first-order valence-electron chi connectivity index (χ1n) is 4.50. The van der Waals surface area contributed by atoms with Crippen LogP contribution in [0, 0.1) is 12.3 Å². The summed E-state index contributed by atoms with van der Waals surface area (Å²) in [6.07, 6.45) is 5.31. The number of benzene rings is 1. The summed E-state index contributed by atoms with van der Waals surface area (Å²) < 4.78 is 1.56. The van der Waals surface area contributed by atoms with E-state index in [4.69, 9.17) is 12.2 Å². The van der Waals surface area contributed by atoms with Crippen LogP contribution < -0.4 is 11.1 Å². The first-order chi connectivity index (χ1) is 7.56. The monoisotopic (exact) mass is 344 g/mol. The first kappa shape index (κ1) is 13.2. The van der Waals surface area contributed by atoms with Crippen molar-refractivity contribution in [3.63, 3.8) is 0 Å². The third-order valence-electron chi connectivity index (χ3n) is 1.89. The van der Waals surface area contributed by atoms with E-state index in [1.54, 1.807) is 0 Å². The van der Waals surface area contributed by atoms with E-state index >= 15 is 0 Å². The summed E-state index contributed by atoms with van der Waals surface area (Å²) in [6, 6.07) is 4.81. The van der Waals surface area contributed by atoms with Crippen LogP contribution >= 0.6 is 31.9 Å². The summed E-state index contributed by atoms with van der Waals surface area (Å²) in [5.41, 5.74) is 6.24.